The van der Waals surface area contributed by atoms with Crippen molar-refractivity contribution in [2.24, 2.45) is 0 Å². The molecular formula is C18H13Cl2N3O4. The van der Waals surface area contributed by atoms with E-state index in [1.54, 1.807) is 42.5 Å². The van der Waals surface area contributed by atoms with Crippen LogP contribution in [0.4, 0.5) is 5.69 Å². The van der Waals surface area contributed by atoms with Crippen LogP contribution in [0.3, 0.4) is 0 Å². The summed E-state index contributed by atoms with van der Waals surface area (Å²) in [5.74, 6) is -1.22. The lowest BCUT2D eigenvalue weighted by molar-refractivity contribution is -0.146. The Balaban J connectivity index is 1.62. The molecule has 1 heterocycles. The lowest BCUT2D eigenvalue weighted by Crippen LogP contribution is -2.22. The summed E-state index contributed by atoms with van der Waals surface area (Å²) in [4.78, 5) is 35.7. The van der Waals surface area contributed by atoms with Gasteiger partial charge in [-0.2, -0.15) is 5.10 Å². The summed E-state index contributed by atoms with van der Waals surface area (Å²) < 4.78 is 4.97. The third-order valence-corrected chi connectivity index (χ3v) is 4.50. The fraction of sp³-hybridized carbons (Fsp3) is 0.111. The maximum absolute atomic E-state index is 12.0. The molecule has 0 unspecified atom stereocenters. The summed E-state index contributed by atoms with van der Waals surface area (Å²) in [6.45, 7) is -0.497. The fourth-order valence-electron chi connectivity index (χ4n) is 2.43. The molecule has 3 rings (SSSR count). The first-order chi connectivity index (χ1) is 13.0. The Bertz CT molecular complexity index is 1080. The normalized spacial score (nSPS) is 10.6. The number of aromatic amines is 1. The molecule has 7 nitrogen and oxygen atoms in total. The average Bonchev–Trinajstić information content (AvgIpc) is 2.66. The van der Waals surface area contributed by atoms with E-state index in [0.29, 0.717) is 27.2 Å². The zero-order valence-corrected chi connectivity index (χ0v) is 15.3. The molecule has 2 aromatic carbocycles. The Labute approximate surface area is 163 Å². The van der Waals surface area contributed by atoms with Crippen molar-refractivity contribution in [3.8, 4) is 0 Å². The van der Waals surface area contributed by atoms with Crippen LogP contribution in [0.2, 0.25) is 10.0 Å². The molecule has 1 aromatic heterocycles. The number of carbonyl (C=O) groups is 2. The van der Waals surface area contributed by atoms with E-state index < -0.39 is 18.5 Å². The lowest BCUT2D eigenvalue weighted by Gasteiger charge is -2.09. The summed E-state index contributed by atoms with van der Waals surface area (Å²) in [5, 5.41) is 10.2. The van der Waals surface area contributed by atoms with E-state index in [4.69, 9.17) is 27.9 Å². The Morgan fingerprint density at radius 1 is 1.07 bits per heavy atom. The summed E-state index contributed by atoms with van der Waals surface area (Å²) in [6.07, 6.45) is -0.192. The number of rotatable bonds is 5. The van der Waals surface area contributed by atoms with Crippen molar-refractivity contribution < 1.29 is 14.3 Å². The number of ether oxygens (including phenoxy) is 1. The second kappa shape index (κ2) is 8.20. The van der Waals surface area contributed by atoms with Crippen LogP contribution >= 0.6 is 23.2 Å². The number of carbonyl (C=O) groups excluding carboxylic acids is 2. The largest absolute Gasteiger partial charge is 0.455 e. The second-order valence-electron chi connectivity index (χ2n) is 5.53. The Hall–Kier alpha value is -2.90. The average molecular weight is 406 g/mol. The van der Waals surface area contributed by atoms with Gasteiger partial charge in [-0.3, -0.25) is 14.4 Å². The topological polar surface area (TPSA) is 101 Å². The van der Waals surface area contributed by atoms with E-state index >= 15 is 0 Å². The number of benzene rings is 2. The van der Waals surface area contributed by atoms with Gasteiger partial charge in [-0.1, -0.05) is 47.5 Å². The van der Waals surface area contributed by atoms with Gasteiger partial charge in [0, 0.05) is 5.39 Å². The van der Waals surface area contributed by atoms with Gasteiger partial charge in [-0.25, -0.2) is 5.10 Å². The predicted octanol–water partition coefficient (Wildman–Crippen LogP) is 2.95. The number of aromatic nitrogens is 2. The molecule has 0 fully saturated rings. The third-order valence-electron chi connectivity index (χ3n) is 3.68. The van der Waals surface area contributed by atoms with Crippen molar-refractivity contribution in [1.29, 1.82) is 0 Å². The summed E-state index contributed by atoms with van der Waals surface area (Å²) >= 11 is 11.9. The summed E-state index contributed by atoms with van der Waals surface area (Å²) in [6, 6.07) is 11.6. The summed E-state index contributed by atoms with van der Waals surface area (Å²) in [7, 11) is 0. The van der Waals surface area contributed by atoms with Crippen molar-refractivity contribution in [2.45, 2.75) is 6.42 Å². The quantitative estimate of drug-likeness (QED) is 0.635. The Morgan fingerprint density at radius 2 is 1.81 bits per heavy atom. The van der Waals surface area contributed by atoms with Gasteiger partial charge in [-0.15, -0.1) is 0 Å². The Morgan fingerprint density at radius 3 is 2.59 bits per heavy atom. The fourth-order valence-corrected chi connectivity index (χ4v) is 2.77. The molecule has 0 bridgehead atoms. The van der Waals surface area contributed by atoms with Crippen molar-refractivity contribution >= 4 is 51.5 Å². The number of esters is 1. The highest BCUT2D eigenvalue weighted by atomic mass is 35.5. The van der Waals surface area contributed by atoms with Gasteiger partial charge in [0.15, 0.2) is 6.61 Å². The molecule has 0 atom stereocenters. The summed E-state index contributed by atoms with van der Waals surface area (Å²) in [5.41, 5.74) is 0.326. The lowest BCUT2D eigenvalue weighted by atomic mass is 10.1. The van der Waals surface area contributed by atoms with Gasteiger partial charge in [0.1, 0.15) is 0 Å². The molecule has 138 valence electrons. The minimum Gasteiger partial charge on any atom is -0.455 e. The minimum atomic E-state index is -0.660. The molecule has 0 aliphatic carbocycles. The number of hydrogen-bond acceptors (Lipinski definition) is 5. The van der Waals surface area contributed by atoms with Crippen LogP contribution in [-0.2, 0) is 20.7 Å². The zero-order chi connectivity index (χ0) is 19.4. The highest BCUT2D eigenvalue weighted by molar-refractivity contribution is 6.44. The number of anilines is 1. The molecule has 0 spiro atoms. The van der Waals surface area contributed by atoms with Crippen LogP contribution in [-0.4, -0.2) is 28.7 Å². The van der Waals surface area contributed by atoms with E-state index in [2.05, 4.69) is 15.5 Å². The number of hydrogen-bond donors (Lipinski definition) is 2. The van der Waals surface area contributed by atoms with Gasteiger partial charge < -0.3 is 10.1 Å². The number of H-pyrrole nitrogens is 1. The van der Waals surface area contributed by atoms with E-state index in [1.165, 1.54) is 0 Å². The number of nitrogens with zero attached hydrogens (tertiary/aromatic N) is 1. The maximum atomic E-state index is 12.0. The van der Waals surface area contributed by atoms with Gasteiger partial charge in [0.25, 0.3) is 11.5 Å². The van der Waals surface area contributed by atoms with Crippen LogP contribution in [0.15, 0.2) is 47.3 Å². The molecule has 1 amide bonds. The monoisotopic (exact) mass is 405 g/mol. The first-order valence-corrected chi connectivity index (χ1v) is 8.57. The van der Waals surface area contributed by atoms with Crippen molar-refractivity contribution in [3.63, 3.8) is 0 Å². The predicted molar refractivity (Wildman–Crippen MR) is 102 cm³/mol. The first-order valence-electron chi connectivity index (χ1n) is 7.81. The van der Waals surface area contributed by atoms with Gasteiger partial charge in [0.2, 0.25) is 0 Å². The SMILES string of the molecule is O=C(COC(=O)Cc1n[nH]c(=O)c2ccccc12)Nc1cccc(Cl)c1Cl. The standard InChI is InChI=1S/C18H13Cl2N3O4/c19-12-6-3-7-13(17(12)20)21-15(24)9-27-16(25)8-14-10-4-1-2-5-11(10)18(26)23-22-14/h1-7H,8-9H2,(H,21,24)(H,23,26). The number of halogens is 2. The highest BCUT2D eigenvalue weighted by Crippen LogP contribution is 2.29. The molecule has 9 heteroatoms. The Kier molecular flexibility index (Phi) is 5.73. The van der Waals surface area contributed by atoms with E-state index in [1.807, 2.05) is 0 Å². The molecule has 3 aromatic rings. The van der Waals surface area contributed by atoms with Crippen LogP contribution < -0.4 is 10.9 Å². The molecule has 0 aliphatic rings. The third kappa shape index (κ3) is 4.45. The number of fused-ring (bicyclic) bond motifs is 1. The minimum absolute atomic E-state index is 0.192. The number of nitrogens with one attached hydrogen (secondary N) is 2. The molecular weight excluding hydrogens is 393 g/mol. The van der Waals surface area contributed by atoms with Crippen LogP contribution in [0.25, 0.3) is 10.8 Å². The van der Waals surface area contributed by atoms with Crippen LogP contribution in [0, 0.1) is 0 Å². The van der Waals surface area contributed by atoms with Gasteiger partial charge in [-0.05, 0) is 18.2 Å². The van der Waals surface area contributed by atoms with Crippen LogP contribution in [0.5, 0.6) is 0 Å². The van der Waals surface area contributed by atoms with Crippen LogP contribution in [0.1, 0.15) is 5.69 Å². The van der Waals surface area contributed by atoms with Crippen molar-refractivity contribution in [1.82, 2.24) is 10.2 Å². The molecule has 2 N–H and O–H groups in total. The van der Waals surface area contributed by atoms with E-state index in [-0.39, 0.29) is 17.0 Å². The van der Waals surface area contributed by atoms with E-state index in [0.717, 1.165) is 0 Å². The van der Waals surface area contributed by atoms with Gasteiger partial charge >= 0.3 is 5.97 Å². The molecule has 0 radical (unpaired) electrons. The smallest absolute Gasteiger partial charge is 0.312 e. The molecule has 0 saturated carbocycles. The second-order valence-corrected chi connectivity index (χ2v) is 6.32. The highest BCUT2D eigenvalue weighted by Gasteiger charge is 2.14. The van der Waals surface area contributed by atoms with E-state index in [9.17, 15) is 14.4 Å². The van der Waals surface area contributed by atoms with Crippen molar-refractivity contribution in [3.05, 3.63) is 68.6 Å². The maximum Gasteiger partial charge on any atom is 0.312 e. The van der Waals surface area contributed by atoms with Gasteiger partial charge in [0.05, 0.1) is 33.2 Å². The van der Waals surface area contributed by atoms with Crippen molar-refractivity contribution in [2.75, 3.05) is 11.9 Å². The zero-order valence-electron chi connectivity index (χ0n) is 13.8. The molecule has 0 aliphatic heterocycles. The molecule has 0 saturated heterocycles. The molecule has 27 heavy (non-hydrogen) atoms. The first kappa shape index (κ1) is 18.9. The number of amides is 1.